The van der Waals surface area contributed by atoms with E-state index in [9.17, 15) is 0 Å². The van der Waals surface area contributed by atoms with Crippen LogP contribution in [-0.2, 0) is 23.7 Å². The maximum Gasteiger partial charge on any atom is 0.189 e. The van der Waals surface area contributed by atoms with E-state index < -0.39 is 17.9 Å². The first-order chi connectivity index (χ1) is 14.2. The number of hydrogen-bond donors (Lipinski definition) is 0. The zero-order valence-corrected chi connectivity index (χ0v) is 18.7. The molecule has 8 heteroatoms. The Bertz CT molecular complexity index is 999. The highest BCUT2D eigenvalue weighted by Crippen LogP contribution is 2.46. The maximum atomic E-state index is 6.35. The first-order valence-electron chi connectivity index (χ1n) is 10.3. The van der Waals surface area contributed by atoms with Gasteiger partial charge in [-0.15, -0.1) is 0 Å². The molecular formula is C22H28N2O5S. The molecular weight excluding hydrogens is 404 g/mol. The zero-order valence-electron chi connectivity index (χ0n) is 17.9. The second-order valence-corrected chi connectivity index (χ2v) is 9.42. The number of para-hydroxylation sites is 1. The summed E-state index contributed by atoms with van der Waals surface area (Å²) in [7, 11) is 0. The molecule has 2 aromatic rings. The van der Waals surface area contributed by atoms with Gasteiger partial charge in [-0.25, -0.2) is 0 Å². The highest BCUT2D eigenvalue weighted by atomic mass is 32.1. The van der Waals surface area contributed by atoms with Crippen LogP contribution in [-0.4, -0.2) is 51.9 Å². The molecule has 0 saturated carbocycles. The van der Waals surface area contributed by atoms with E-state index in [4.69, 9.17) is 35.9 Å². The molecule has 3 saturated heterocycles. The minimum atomic E-state index is -0.718. The van der Waals surface area contributed by atoms with Gasteiger partial charge in [-0.2, -0.15) is 0 Å². The standard InChI is InChI=1S/C22H28N2O5S/c1-13-11-23(20(30)24(13)14-9-7-6-8-10-14)16-17(15-12-25-21(2,3)27-15)26-19-18(16)28-22(4,5)29-19/h6-11,15-19H,12H2,1-5H3/t15-,16+,17-,18-,19-/m1/s1. The van der Waals surface area contributed by atoms with Gasteiger partial charge < -0.3 is 28.3 Å². The van der Waals surface area contributed by atoms with E-state index in [2.05, 4.69) is 22.3 Å². The summed E-state index contributed by atoms with van der Waals surface area (Å²) in [6.07, 6.45) is 0.734. The van der Waals surface area contributed by atoms with Crippen molar-refractivity contribution in [1.82, 2.24) is 9.13 Å². The summed E-state index contributed by atoms with van der Waals surface area (Å²) in [6.45, 7) is 10.1. The number of benzene rings is 1. The van der Waals surface area contributed by atoms with Crippen LogP contribution in [0.5, 0.6) is 0 Å². The molecule has 0 aliphatic carbocycles. The number of aryl methyl sites for hydroxylation is 1. The Morgan fingerprint density at radius 3 is 2.37 bits per heavy atom. The Labute approximate surface area is 181 Å². The lowest BCUT2D eigenvalue weighted by molar-refractivity contribution is -0.225. The van der Waals surface area contributed by atoms with Crippen molar-refractivity contribution in [3.8, 4) is 5.69 Å². The molecule has 3 aliphatic heterocycles. The summed E-state index contributed by atoms with van der Waals surface area (Å²) in [5.74, 6) is -1.37. The molecule has 1 aromatic heterocycles. The van der Waals surface area contributed by atoms with E-state index in [1.54, 1.807) is 0 Å². The summed E-state index contributed by atoms with van der Waals surface area (Å²) in [5.41, 5.74) is 2.06. The Morgan fingerprint density at radius 1 is 0.967 bits per heavy atom. The summed E-state index contributed by atoms with van der Waals surface area (Å²) in [4.78, 5) is 0. The highest BCUT2D eigenvalue weighted by molar-refractivity contribution is 7.71. The SMILES string of the molecule is Cc1cn([C@@H]2[C@H]3OC(C)(C)O[C@H]3O[C@@H]2[C@H]2COC(C)(C)O2)c(=S)n1-c1ccccc1. The van der Waals surface area contributed by atoms with Crippen LogP contribution in [0.3, 0.4) is 0 Å². The monoisotopic (exact) mass is 432 g/mol. The van der Waals surface area contributed by atoms with Crippen molar-refractivity contribution in [3.63, 3.8) is 0 Å². The fraction of sp³-hybridized carbons (Fsp3) is 0.591. The minimum Gasteiger partial charge on any atom is -0.348 e. The number of ether oxygens (including phenoxy) is 5. The van der Waals surface area contributed by atoms with Gasteiger partial charge in [0.15, 0.2) is 22.6 Å². The van der Waals surface area contributed by atoms with Crippen molar-refractivity contribution in [1.29, 1.82) is 0 Å². The van der Waals surface area contributed by atoms with Gasteiger partial charge in [-0.3, -0.25) is 4.57 Å². The summed E-state index contributed by atoms with van der Waals surface area (Å²) >= 11 is 5.92. The first kappa shape index (κ1) is 20.4. The molecule has 30 heavy (non-hydrogen) atoms. The second-order valence-electron chi connectivity index (χ2n) is 9.06. The largest absolute Gasteiger partial charge is 0.348 e. The molecule has 0 unspecified atom stereocenters. The fourth-order valence-electron chi connectivity index (χ4n) is 4.70. The summed E-state index contributed by atoms with van der Waals surface area (Å²) in [5, 5.41) is 0. The molecule has 5 rings (SSSR count). The van der Waals surface area contributed by atoms with Gasteiger partial charge in [0.2, 0.25) is 0 Å². The van der Waals surface area contributed by atoms with Crippen LogP contribution in [0.15, 0.2) is 36.5 Å². The van der Waals surface area contributed by atoms with E-state index in [-0.39, 0.29) is 24.4 Å². The Hall–Kier alpha value is -1.55. The molecule has 0 bridgehead atoms. The molecule has 1 aromatic carbocycles. The second kappa shape index (κ2) is 6.98. The molecule has 162 valence electrons. The van der Waals surface area contributed by atoms with Crippen LogP contribution < -0.4 is 0 Å². The Kier molecular flexibility index (Phi) is 4.74. The zero-order chi connectivity index (χ0) is 21.3. The smallest absolute Gasteiger partial charge is 0.189 e. The van der Waals surface area contributed by atoms with Crippen LogP contribution in [0.4, 0.5) is 0 Å². The van der Waals surface area contributed by atoms with E-state index in [1.807, 2.05) is 58.0 Å². The Balaban J connectivity index is 1.57. The quantitative estimate of drug-likeness (QED) is 0.686. The number of rotatable bonds is 3. The lowest BCUT2D eigenvalue weighted by atomic mass is 10.0. The number of hydrogen-bond acceptors (Lipinski definition) is 6. The molecule has 7 nitrogen and oxygen atoms in total. The summed E-state index contributed by atoms with van der Waals surface area (Å²) in [6, 6.07) is 9.91. The van der Waals surface area contributed by atoms with Crippen LogP contribution >= 0.6 is 12.2 Å². The van der Waals surface area contributed by atoms with E-state index in [0.717, 1.165) is 11.4 Å². The summed E-state index contributed by atoms with van der Waals surface area (Å²) < 4.78 is 35.4. The number of nitrogens with zero attached hydrogens (tertiary/aromatic N) is 2. The first-order valence-corrected chi connectivity index (χ1v) is 10.7. The molecule has 3 aliphatic rings. The van der Waals surface area contributed by atoms with Crippen molar-refractivity contribution in [2.75, 3.05) is 6.61 Å². The molecule has 0 amide bonds. The predicted octanol–water partition coefficient (Wildman–Crippen LogP) is 3.89. The normalized spacial score (nSPS) is 34.4. The molecule has 5 atom stereocenters. The molecule has 0 N–H and O–H groups in total. The van der Waals surface area contributed by atoms with Crippen molar-refractivity contribution >= 4 is 12.2 Å². The van der Waals surface area contributed by atoms with E-state index in [0.29, 0.717) is 11.4 Å². The van der Waals surface area contributed by atoms with Gasteiger partial charge in [0, 0.05) is 17.6 Å². The van der Waals surface area contributed by atoms with Crippen LogP contribution in [0.1, 0.15) is 39.4 Å². The molecule has 4 heterocycles. The lowest BCUT2D eigenvalue weighted by Gasteiger charge is -2.29. The average molecular weight is 433 g/mol. The minimum absolute atomic E-state index is 0.199. The maximum absolute atomic E-state index is 6.35. The molecule has 0 radical (unpaired) electrons. The van der Waals surface area contributed by atoms with Gasteiger partial charge in [0.25, 0.3) is 0 Å². The van der Waals surface area contributed by atoms with Crippen molar-refractivity contribution in [2.45, 2.75) is 76.8 Å². The van der Waals surface area contributed by atoms with Gasteiger partial charge in [0.1, 0.15) is 18.3 Å². The van der Waals surface area contributed by atoms with Crippen LogP contribution in [0.25, 0.3) is 5.69 Å². The molecule has 0 spiro atoms. The van der Waals surface area contributed by atoms with E-state index >= 15 is 0 Å². The van der Waals surface area contributed by atoms with Gasteiger partial charge in [-0.05, 0) is 59.0 Å². The molecule has 3 fully saturated rings. The van der Waals surface area contributed by atoms with Gasteiger partial charge >= 0.3 is 0 Å². The van der Waals surface area contributed by atoms with Crippen molar-refractivity contribution in [3.05, 3.63) is 47.0 Å². The fourth-order valence-corrected chi connectivity index (χ4v) is 5.13. The average Bonchev–Trinajstić information content (AvgIpc) is 3.35. The van der Waals surface area contributed by atoms with Crippen LogP contribution in [0, 0.1) is 11.7 Å². The topological polar surface area (TPSA) is 56.0 Å². The number of imidazole rings is 1. The number of fused-ring (bicyclic) bond motifs is 1. The number of aromatic nitrogens is 2. The Morgan fingerprint density at radius 2 is 1.70 bits per heavy atom. The van der Waals surface area contributed by atoms with Gasteiger partial charge in [0.05, 0.1) is 12.6 Å². The predicted molar refractivity (Wildman–Crippen MR) is 112 cm³/mol. The highest BCUT2D eigenvalue weighted by Gasteiger charge is 2.59. The third-order valence-electron chi connectivity index (χ3n) is 5.88. The van der Waals surface area contributed by atoms with Crippen LogP contribution in [0.2, 0.25) is 0 Å². The van der Waals surface area contributed by atoms with Gasteiger partial charge in [-0.1, -0.05) is 18.2 Å². The lowest BCUT2D eigenvalue weighted by Crippen LogP contribution is -2.40. The third-order valence-corrected chi connectivity index (χ3v) is 6.27. The van der Waals surface area contributed by atoms with Crippen molar-refractivity contribution < 1.29 is 23.7 Å². The van der Waals surface area contributed by atoms with E-state index in [1.165, 1.54) is 0 Å². The van der Waals surface area contributed by atoms with Crippen molar-refractivity contribution in [2.24, 2.45) is 0 Å². The third kappa shape index (κ3) is 3.36.